The van der Waals surface area contributed by atoms with Crippen LogP contribution in [0.2, 0.25) is 0 Å². The molecule has 1 aromatic carbocycles. The van der Waals surface area contributed by atoms with Crippen LogP contribution in [-0.2, 0) is 6.42 Å². The molecule has 0 fully saturated rings. The van der Waals surface area contributed by atoms with Crippen molar-refractivity contribution in [3.05, 3.63) is 23.3 Å². The van der Waals surface area contributed by atoms with Crippen LogP contribution in [0, 0.1) is 0 Å². The lowest BCUT2D eigenvalue weighted by Crippen LogP contribution is -1.97. The van der Waals surface area contributed by atoms with Crippen molar-refractivity contribution in [3.63, 3.8) is 0 Å². The highest BCUT2D eigenvalue weighted by Gasteiger charge is 2.09. The van der Waals surface area contributed by atoms with E-state index in [9.17, 15) is 4.79 Å². The molecular formula is C11H14O3. The summed E-state index contributed by atoms with van der Waals surface area (Å²) in [7, 11) is 3.17. The molecule has 0 atom stereocenters. The Balaban J connectivity index is 3.31. The summed E-state index contributed by atoms with van der Waals surface area (Å²) in [6, 6.07) is 3.43. The third-order valence-electron chi connectivity index (χ3n) is 2.12. The van der Waals surface area contributed by atoms with Crippen molar-refractivity contribution in [1.29, 1.82) is 0 Å². The molecule has 0 unspecified atom stereocenters. The smallest absolute Gasteiger partial charge is 0.150 e. The van der Waals surface area contributed by atoms with E-state index in [0.717, 1.165) is 18.3 Å². The Morgan fingerprint density at radius 2 is 1.71 bits per heavy atom. The summed E-state index contributed by atoms with van der Waals surface area (Å²) in [5, 5.41) is 0. The zero-order valence-corrected chi connectivity index (χ0v) is 8.66. The van der Waals surface area contributed by atoms with Crippen LogP contribution in [-0.4, -0.2) is 20.5 Å². The molecule has 0 saturated carbocycles. The molecule has 0 radical (unpaired) electrons. The first-order valence-corrected chi connectivity index (χ1v) is 4.46. The predicted octanol–water partition coefficient (Wildman–Crippen LogP) is 2.08. The van der Waals surface area contributed by atoms with Gasteiger partial charge in [0.2, 0.25) is 0 Å². The molecule has 0 amide bonds. The monoisotopic (exact) mass is 194 g/mol. The van der Waals surface area contributed by atoms with E-state index in [-0.39, 0.29) is 0 Å². The molecule has 3 nitrogen and oxygen atoms in total. The summed E-state index contributed by atoms with van der Waals surface area (Å²) in [6.07, 6.45) is 1.59. The van der Waals surface area contributed by atoms with Gasteiger partial charge in [0.1, 0.15) is 17.8 Å². The van der Waals surface area contributed by atoms with Crippen LogP contribution in [0.25, 0.3) is 0 Å². The average Bonchev–Trinajstić information content (AvgIpc) is 2.26. The Hall–Kier alpha value is -1.51. The number of hydrogen-bond acceptors (Lipinski definition) is 3. The fourth-order valence-corrected chi connectivity index (χ4v) is 1.42. The molecular weight excluding hydrogens is 180 g/mol. The van der Waals surface area contributed by atoms with Crippen molar-refractivity contribution in [2.75, 3.05) is 14.2 Å². The molecule has 0 aromatic heterocycles. The number of benzene rings is 1. The zero-order valence-electron chi connectivity index (χ0n) is 8.66. The van der Waals surface area contributed by atoms with Gasteiger partial charge < -0.3 is 9.47 Å². The minimum absolute atomic E-state index is 0.566. The molecule has 0 heterocycles. The number of ether oxygens (including phenoxy) is 2. The van der Waals surface area contributed by atoms with E-state index in [1.165, 1.54) is 0 Å². The van der Waals surface area contributed by atoms with E-state index in [0.29, 0.717) is 17.1 Å². The van der Waals surface area contributed by atoms with E-state index < -0.39 is 0 Å². The van der Waals surface area contributed by atoms with Gasteiger partial charge in [-0.3, -0.25) is 4.79 Å². The van der Waals surface area contributed by atoms with Crippen LogP contribution in [0.15, 0.2) is 12.1 Å². The maximum absolute atomic E-state index is 10.6. The van der Waals surface area contributed by atoms with Crippen molar-refractivity contribution in [2.45, 2.75) is 13.3 Å². The van der Waals surface area contributed by atoms with E-state index in [4.69, 9.17) is 9.47 Å². The normalized spacial score (nSPS) is 9.64. The summed E-state index contributed by atoms with van der Waals surface area (Å²) in [4.78, 5) is 10.6. The summed E-state index contributed by atoms with van der Waals surface area (Å²) in [6.45, 7) is 2.01. The fourth-order valence-electron chi connectivity index (χ4n) is 1.42. The highest BCUT2D eigenvalue weighted by atomic mass is 16.5. The van der Waals surface area contributed by atoms with E-state index in [1.807, 2.05) is 6.92 Å². The quantitative estimate of drug-likeness (QED) is 0.688. The highest BCUT2D eigenvalue weighted by molar-refractivity contribution is 5.77. The Kier molecular flexibility index (Phi) is 3.51. The predicted molar refractivity (Wildman–Crippen MR) is 54.3 cm³/mol. The second-order valence-electron chi connectivity index (χ2n) is 2.88. The third kappa shape index (κ3) is 1.87. The summed E-state index contributed by atoms with van der Waals surface area (Å²) < 4.78 is 10.4. The van der Waals surface area contributed by atoms with Crippen molar-refractivity contribution in [3.8, 4) is 11.5 Å². The number of carbonyl (C=O) groups excluding carboxylic acids is 1. The minimum Gasteiger partial charge on any atom is -0.496 e. The van der Waals surface area contributed by atoms with Crippen LogP contribution in [0.5, 0.6) is 11.5 Å². The van der Waals surface area contributed by atoms with Gasteiger partial charge in [-0.1, -0.05) is 6.92 Å². The Morgan fingerprint density at radius 3 is 2.00 bits per heavy atom. The first kappa shape index (κ1) is 10.6. The SMILES string of the molecule is CCc1c(OC)cc(C=O)cc1OC. The summed E-state index contributed by atoms with van der Waals surface area (Å²) in [5.74, 6) is 1.41. The van der Waals surface area contributed by atoms with Crippen molar-refractivity contribution < 1.29 is 14.3 Å². The topological polar surface area (TPSA) is 35.5 Å². The van der Waals surface area contributed by atoms with Gasteiger partial charge in [-0.15, -0.1) is 0 Å². The molecule has 0 aliphatic heterocycles. The number of rotatable bonds is 4. The first-order valence-electron chi connectivity index (χ1n) is 4.46. The van der Waals surface area contributed by atoms with Crippen molar-refractivity contribution >= 4 is 6.29 Å². The summed E-state index contributed by atoms with van der Waals surface area (Å²) >= 11 is 0. The van der Waals surface area contributed by atoms with Crippen LogP contribution >= 0.6 is 0 Å². The lowest BCUT2D eigenvalue weighted by atomic mass is 10.1. The van der Waals surface area contributed by atoms with Crippen LogP contribution < -0.4 is 9.47 Å². The van der Waals surface area contributed by atoms with E-state index in [2.05, 4.69) is 0 Å². The zero-order chi connectivity index (χ0) is 10.6. The van der Waals surface area contributed by atoms with Crippen LogP contribution in [0.1, 0.15) is 22.8 Å². The molecule has 76 valence electrons. The molecule has 1 aromatic rings. The Bertz CT molecular complexity index is 306. The Morgan fingerprint density at radius 1 is 1.21 bits per heavy atom. The van der Waals surface area contributed by atoms with Gasteiger partial charge in [0.25, 0.3) is 0 Å². The molecule has 0 aliphatic rings. The minimum atomic E-state index is 0.566. The average molecular weight is 194 g/mol. The highest BCUT2D eigenvalue weighted by Crippen LogP contribution is 2.30. The van der Waals surface area contributed by atoms with Crippen LogP contribution in [0.4, 0.5) is 0 Å². The van der Waals surface area contributed by atoms with Gasteiger partial charge >= 0.3 is 0 Å². The molecule has 1 rings (SSSR count). The van der Waals surface area contributed by atoms with Gasteiger partial charge in [-0.2, -0.15) is 0 Å². The van der Waals surface area contributed by atoms with E-state index in [1.54, 1.807) is 26.4 Å². The molecule has 0 aliphatic carbocycles. The Labute approximate surface area is 83.6 Å². The molecule has 14 heavy (non-hydrogen) atoms. The van der Waals surface area contributed by atoms with Gasteiger partial charge in [0.05, 0.1) is 14.2 Å². The first-order chi connectivity index (χ1) is 6.76. The summed E-state index contributed by atoms with van der Waals surface area (Å²) in [5.41, 5.74) is 1.55. The van der Waals surface area contributed by atoms with Crippen LogP contribution in [0.3, 0.4) is 0 Å². The third-order valence-corrected chi connectivity index (χ3v) is 2.12. The lowest BCUT2D eigenvalue weighted by Gasteiger charge is -2.12. The second-order valence-corrected chi connectivity index (χ2v) is 2.88. The number of methoxy groups -OCH3 is 2. The number of carbonyl (C=O) groups is 1. The lowest BCUT2D eigenvalue weighted by molar-refractivity contribution is 0.112. The van der Waals surface area contributed by atoms with Gasteiger partial charge in [-0.05, 0) is 18.6 Å². The number of hydrogen-bond donors (Lipinski definition) is 0. The standard InChI is InChI=1S/C11H14O3/c1-4-9-10(13-2)5-8(7-12)6-11(9)14-3/h5-7H,4H2,1-3H3. The number of aldehydes is 1. The fraction of sp³-hybridized carbons (Fsp3) is 0.364. The molecule has 0 N–H and O–H groups in total. The molecule has 3 heteroatoms. The van der Waals surface area contributed by atoms with Crippen molar-refractivity contribution in [1.82, 2.24) is 0 Å². The molecule has 0 saturated heterocycles. The van der Waals surface area contributed by atoms with Crippen molar-refractivity contribution in [2.24, 2.45) is 0 Å². The maximum Gasteiger partial charge on any atom is 0.150 e. The van der Waals surface area contributed by atoms with Gasteiger partial charge in [0.15, 0.2) is 0 Å². The maximum atomic E-state index is 10.6. The van der Waals surface area contributed by atoms with Gasteiger partial charge in [0, 0.05) is 11.1 Å². The second kappa shape index (κ2) is 4.65. The molecule has 0 bridgehead atoms. The van der Waals surface area contributed by atoms with Gasteiger partial charge in [-0.25, -0.2) is 0 Å². The molecule has 0 spiro atoms. The largest absolute Gasteiger partial charge is 0.496 e. The van der Waals surface area contributed by atoms with E-state index >= 15 is 0 Å².